The zero-order valence-corrected chi connectivity index (χ0v) is 11.2. The minimum atomic E-state index is -0.636. The van der Waals surface area contributed by atoms with Crippen LogP contribution in [0.15, 0.2) is 30.6 Å². The lowest BCUT2D eigenvalue weighted by Crippen LogP contribution is -2.20. The second-order valence-electron chi connectivity index (χ2n) is 4.12. The van der Waals surface area contributed by atoms with Gasteiger partial charge in [-0.25, -0.2) is 14.5 Å². The molecule has 0 aliphatic carbocycles. The van der Waals surface area contributed by atoms with Crippen LogP contribution in [0.4, 0.5) is 5.69 Å². The van der Waals surface area contributed by atoms with E-state index < -0.39 is 5.97 Å². The molecule has 0 fully saturated rings. The number of para-hydroxylation sites is 1. The van der Waals surface area contributed by atoms with E-state index in [-0.39, 0.29) is 18.3 Å². The normalized spacial score (nSPS) is 10.1. The van der Waals surface area contributed by atoms with E-state index in [0.29, 0.717) is 0 Å². The molecule has 7 heteroatoms. The van der Waals surface area contributed by atoms with Crippen LogP contribution in [0, 0.1) is 6.92 Å². The molecule has 1 heterocycles. The summed E-state index contributed by atoms with van der Waals surface area (Å²) in [6, 6.07) is 7.45. The molecule has 0 spiro atoms. The molecule has 1 N–H and O–H groups in total. The van der Waals surface area contributed by atoms with Crippen LogP contribution in [0.2, 0.25) is 0 Å². The van der Waals surface area contributed by atoms with E-state index >= 15 is 0 Å². The van der Waals surface area contributed by atoms with Crippen LogP contribution >= 0.6 is 0 Å². The molecule has 0 aliphatic rings. The zero-order valence-electron chi connectivity index (χ0n) is 11.2. The van der Waals surface area contributed by atoms with Gasteiger partial charge < -0.3 is 10.1 Å². The van der Waals surface area contributed by atoms with Gasteiger partial charge in [0.05, 0.1) is 7.11 Å². The van der Waals surface area contributed by atoms with Crippen molar-refractivity contribution in [2.75, 3.05) is 12.4 Å². The molecule has 0 saturated carbocycles. The van der Waals surface area contributed by atoms with E-state index in [2.05, 4.69) is 20.1 Å². The molecule has 0 aliphatic heterocycles. The minimum absolute atomic E-state index is 0.0294. The third-order valence-electron chi connectivity index (χ3n) is 2.63. The number of ether oxygens (including phenoxy) is 1. The SMILES string of the molecule is COC(=O)c1ncn(CC(=O)Nc2ccccc2C)n1. The molecule has 2 aromatic rings. The maximum atomic E-state index is 11.9. The number of carbonyl (C=O) groups is 2. The highest BCUT2D eigenvalue weighted by Gasteiger charge is 2.13. The summed E-state index contributed by atoms with van der Waals surface area (Å²) in [5.41, 5.74) is 1.71. The van der Waals surface area contributed by atoms with Gasteiger partial charge in [-0.1, -0.05) is 18.2 Å². The number of nitrogens with zero attached hydrogens (tertiary/aromatic N) is 3. The average molecular weight is 274 g/mol. The first-order valence-electron chi connectivity index (χ1n) is 5.93. The van der Waals surface area contributed by atoms with Crippen LogP contribution in [-0.2, 0) is 16.1 Å². The van der Waals surface area contributed by atoms with Gasteiger partial charge in [0.2, 0.25) is 5.91 Å². The number of anilines is 1. The highest BCUT2D eigenvalue weighted by molar-refractivity contribution is 5.91. The Balaban J connectivity index is 2.00. The lowest BCUT2D eigenvalue weighted by Gasteiger charge is -2.07. The van der Waals surface area contributed by atoms with Gasteiger partial charge in [0.15, 0.2) is 0 Å². The van der Waals surface area contributed by atoms with Gasteiger partial charge in [-0.05, 0) is 18.6 Å². The Labute approximate surface area is 115 Å². The van der Waals surface area contributed by atoms with Gasteiger partial charge in [0, 0.05) is 5.69 Å². The predicted molar refractivity (Wildman–Crippen MR) is 71.2 cm³/mol. The van der Waals surface area contributed by atoms with Gasteiger partial charge in [-0.15, -0.1) is 5.10 Å². The Kier molecular flexibility index (Phi) is 4.09. The molecule has 0 bridgehead atoms. The van der Waals surface area contributed by atoms with Crippen LogP contribution in [0.25, 0.3) is 0 Å². The van der Waals surface area contributed by atoms with Crippen molar-refractivity contribution in [3.05, 3.63) is 42.0 Å². The Bertz CT molecular complexity index is 636. The smallest absolute Gasteiger partial charge is 0.377 e. The summed E-state index contributed by atoms with van der Waals surface area (Å²) in [5, 5.41) is 6.62. The van der Waals surface area contributed by atoms with E-state index in [0.717, 1.165) is 11.3 Å². The summed E-state index contributed by atoms with van der Waals surface area (Å²) >= 11 is 0. The van der Waals surface area contributed by atoms with Gasteiger partial charge in [-0.3, -0.25) is 4.79 Å². The Morgan fingerprint density at radius 3 is 2.80 bits per heavy atom. The summed E-state index contributed by atoms with van der Waals surface area (Å²) < 4.78 is 5.77. The summed E-state index contributed by atoms with van der Waals surface area (Å²) in [7, 11) is 1.24. The first-order chi connectivity index (χ1) is 9.60. The van der Waals surface area contributed by atoms with Crippen molar-refractivity contribution in [1.82, 2.24) is 14.8 Å². The van der Waals surface area contributed by atoms with Crippen molar-refractivity contribution in [3.63, 3.8) is 0 Å². The quantitative estimate of drug-likeness (QED) is 0.841. The van der Waals surface area contributed by atoms with Crippen LogP contribution < -0.4 is 5.32 Å². The number of benzene rings is 1. The number of amides is 1. The summed E-state index contributed by atoms with van der Waals surface area (Å²) in [6.07, 6.45) is 1.31. The Morgan fingerprint density at radius 2 is 2.10 bits per heavy atom. The zero-order chi connectivity index (χ0) is 14.5. The molecule has 1 aromatic carbocycles. The maximum Gasteiger partial charge on any atom is 0.377 e. The number of esters is 1. The average Bonchev–Trinajstić information content (AvgIpc) is 2.89. The summed E-state index contributed by atoms with van der Waals surface area (Å²) in [6.45, 7) is 1.87. The fraction of sp³-hybridized carbons (Fsp3) is 0.231. The molecule has 7 nitrogen and oxygen atoms in total. The molecule has 0 atom stereocenters. The number of nitrogens with one attached hydrogen (secondary N) is 1. The largest absolute Gasteiger partial charge is 0.463 e. The molecule has 20 heavy (non-hydrogen) atoms. The highest BCUT2D eigenvalue weighted by atomic mass is 16.5. The second kappa shape index (κ2) is 5.96. The van der Waals surface area contributed by atoms with Crippen molar-refractivity contribution in [2.24, 2.45) is 0 Å². The molecular weight excluding hydrogens is 260 g/mol. The third-order valence-corrected chi connectivity index (χ3v) is 2.63. The van der Waals surface area contributed by atoms with E-state index in [1.54, 1.807) is 0 Å². The molecular formula is C13H14N4O3. The molecule has 0 unspecified atom stereocenters. The van der Waals surface area contributed by atoms with E-state index in [4.69, 9.17) is 0 Å². The van der Waals surface area contributed by atoms with E-state index in [1.165, 1.54) is 18.1 Å². The summed E-state index contributed by atoms with van der Waals surface area (Å²) in [5.74, 6) is -0.958. The lowest BCUT2D eigenvalue weighted by molar-refractivity contribution is -0.116. The van der Waals surface area contributed by atoms with Crippen molar-refractivity contribution >= 4 is 17.6 Å². The first kappa shape index (κ1) is 13.7. The molecule has 104 valence electrons. The highest BCUT2D eigenvalue weighted by Crippen LogP contribution is 2.12. The molecule has 2 rings (SSSR count). The Hall–Kier alpha value is -2.70. The van der Waals surface area contributed by atoms with Crippen LogP contribution in [0.1, 0.15) is 16.2 Å². The van der Waals surface area contributed by atoms with Crippen LogP contribution in [0.5, 0.6) is 0 Å². The minimum Gasteiger partial charge on any atom is -0.463 e. The number of hydrogen-bond acceptors (Lipinski definition) is 5. The standard InChI is InChI=1S/C13H14N4O3/c1-9-5-3-4-6-10(9)15-11(18)7-17-8-14-12(16-17)13(19)20-2/h3-6,8H,7H2,1-2H3,(H,15,18). The molecule has 0 saturated heterocycles. The number of hydrogen-bond donors (Lipinski definition) is 1. The molecule has 0 radical (unpaired) electrons. The van der Waals surface area contributed by atoms with Crippen LogP contribution in [0.3, 0.4) is 0 Å². The van der Waals surface area contributed by atoms with Crippen molar-refractivity contribution in [3.8, 4) is 0 Å². The second-order valence-corrected chi connectivity index (χ2v) is 4.12. The fourth-order valence-electron chi connectivity index (χ4n) is 1.61. The van der Waals surface area contributed by atoms with Gasteiger partial charge >= 0.3 is 5.97 Å². The fourth-order valence-corrected chi connectivity index (χ4v) is 1.61. The van der Waals surface area contributed by atoms with Crippen molar-refractivity contribution in [1.29, 1.82) is 0 Å². The molecule has 1 amide bonds. The van der Waals surface area contributed by atoms with Crippen molar-refractivity contribution < 1.29 is 14.3 Å². The summed E-state index contributed by atoms with van der Waals surface area (Å²) in [4.78, 5) is 26.8. The van der Waals surface area contributed by atoms with Gasteiger partial charge in [0.25, 0.3) is 5.82 Å². The number of aryl methyl sites for hydroxylation is 1. The number of aromatic nitrogens is 3. The maximum absolute atomic E-state index is 11.9. The van der Waals surface area contributed by atoms with Crippen LogP contribution in [-0.4, -0.2) is 33.8 Å². The number of rotatable bonds is 4. The number of methoxy groups -OCH3 is 1. The first-order valence-corrected chi connectivity index (χ1v) is 5.93. The monoisotopic (exact) mass is 274 g/mol. The third kappa shape index (κ3) is 3.19. The number of carbonyl (C=O) groups excluding carboxylic acids is 2. The lowest BCUT2D eigenvalue weighted by atomic mass is 10.2. The molecule has 1 aromatic heterocycles. The predicted octanol–water partition coefficient (Wildman–Crippen LogP) is 1.01. The van der Waals surface area contributed by atoms with Crippen molar-refractivity contribution in [2.45, 2.75) is 13.5 Å². The van der Waals surface area contributed by atoms with Gasteiger partial charge in [-0.2, -0.15) is 0 Å². The van der Waals surface area contributed by atoms with Gasteiger partial charge in [0.1, 0.15) is 12.9 Å². The van der Waals surface area contributed by atoms with E-state index in [1.807, 2.05) is 31.2 Å². The Morgan fingerprint density at radius 1 is 1.35 bits per heavy atom. The van der Waals surface area contributed by atoms with E-state index in [9.17, 15) is 9.59 Å². The topological polar surface area (TPSA) is 86.1 Å².